The van der Waals surface area contributed by atoms with E-state index in [1.807, 2.05) is 15.9 Å². The average molecular weight is 318 g/mol. The lowest BCUT2D eigenvalue weighted by molar-refractivity contribution is 0.371. The summed E-state index contributed by atoms with van der Waals surface area (Å²) >= 11 is 0. The van der Waals surface area contributed by atoms with E-state index in [9.17, 15) is 4.39 Å². The second kappa shape index (κ2) is 6.68. The highest BCUT2D eigenvalue weighted by atomic mass is 19.1. The minimum absolute atomic E-state index is 0.194. The van der Waals surface area contributed by atoms with E-state index in [2.05, 4.69) is 9.97 Å². The molecule has 7 heteroatoms. The summed E-state index contributed by atoms with van der Waals surface area (Å²) < 4.78 is 24.2. The van der Waals surface area contributed by atoms with Crippen molar-refractivity contribution in [3.63, 3.8) is 0 Å². The molecular weight excluding hydrogens is 299 g/mol. The first-order chi connectivity index (χ1) is 11.2. The van der Waals surface area contributed by atoms with Gasteiger partial charge in [0.2, 0.25) is 17.7 Å². The number of halogens is 1. The fourth-order valence-corrected chi connectivity index (χ4v) is 2.60. The van der Waals surface area contributed by atoms with Crippen molar-refractivity contribution < 1.29 is 13.9 Å². The third-order valence-electron chi connectivity index (χ3n) is 3.84. The highest BCUT2D eigenvalue weighted by Crippen LogP contribution is 2.24. The van der Waals surface area contributed by atoms with Crippen molar-refractivity contribution in [1.29, 1.82) is 0 Å². The lowest BCUT2D eigenvalue weighted by Gasteiger charge is -2.36. The van der Waals surface area contributed by atoms with Gasteiger partial charge in [0.05, 0.1) is 26.0 Å². The van der Waals surface area contributed by atoms with Crippen molar-refractivity contribution >= 4 is 11.6 Å². The standard InChI is InChI=1S/C16H19FN4O2/c1-22-14-11-15(23-2)19-16(18-14)21-9-7-20(8-10-21)13-6-4-3-5-12(13)17/h3-6,11H,7-10H2,1-2H3. The van der Waals surface area contributed by atoms with Gasteiger partial charge in [0, 0.05) is 26.2 Å². The first-order valence-corrected chi connectivity index (χ1v) is 7.42. The predicted octanol–water partition coefficient (Wildman–Crippen LogP) is 1.96. The molecule has 23 heavy (non-hydrogen) atoms. The molecule has 0 N–H and O–H groups in total. The Hall–Kier alpha value is -2.57. The van der Waals surface area contributed by atoms with Gasteiger partial charge in [-0.3, -0.25) is 0 Å². The fraction of sp³-hybridized carbons (Fsp3) is 0.375. The summed E-state index contributed by atoms with van der Waals surface area (Å²) in [4.78, 5) is 12.8. The third kappa shape index (κ3) is 3.28. The van der Waals surface area contributed by atoms with Crippen molar-refractivity contribution in [1.82, 2.24) is 9.97 Å². The lowest BCUT2D eigenvalue weighted by atomic mass is 10.2. The molecule has 1 saturated heterocycles. The molecule has 0 atom stereocenters. The number of benzene rings is 1. The molecular formula is C16H19FN4O2. The van der Waals surface area contributed by atoms with Crippen LogP contribution < -0.4 is 19.3 Å². The number of hydrogen-bond acceptors (Lipinski definition) is 6. The van der Waals surface area contributed by atoms with Gasteiger partial charge in [-0.15, -0.1) is 0 Å². The van der Waals surface area contributed by atoms with Gasteiger partial charge in [-0.1, -0.05) is 12.1 Å². The van der Waals surface area contributed by atoms with E-state index in [-0.39, 0.29) is 5.82 Å². The number of ether oxygens (including phenoxy) is 2. The Morgan fingerprint density at radius 2 is 1.48 bits per heavy atom. The number of methoxy groups -OCH3 is 2. The smallest absolute Gasteiger partial charge is 0.232 e. The highest BCUT2D eigenvalue weighted by Gasteiger charge is 2.22. The van der Waals surface area contributed by atoms with Crippen molar-refractivity contribution in [3.05, 3.63) is 36.1 Å². The number of piperazine rings is 1. The molecule has 122 valence electrons. The molecule has 0 bridgehead atoms. The summed E-state index contributed by atoms with van der Waals surface area (Å²) in [7, 11) is 3.11. The minimum atomic E-state index is -0.194. The van der Waals surface area contributed by atoms with Crippen LogP contribution >= 0.6 is 0 Å². The Kier molecular flexibility index (Phi) is 4.45. The van der Waals surface area contributed by atoms with Crippen LogP contribution in [0.25, 0.3) is 0 Å². The van der Waals surface area contributed by atoms with Crippen molar-refractivity contribution in [2.45, 2.75) is 0 Å². The number of aromatic nitrogens is 2. The van der Waals surface area contributed by atoms with Crippen LogP contribution in [0.5, 0.6) is 11.8 Å². The molecule has 2 heterocycles. The zero-order chi connectivity index (χ0) is 16.2. The van der Waals surface area contributed by atoms with Gasteiger partial charge in [-0.25, -0.2) is 4.39 Å². The molecule has 1 fully saturated rings. The molecule has 2 aromatic rings. The van der Waals surface area contributed by atoms with Gasteiger partial charge < -0.3 is 19.3 Å². The van der Waals surface area contributed by atoms with Gasteiger partial charge in [0.15, 0.2) is 0 Å². The van der Waals surface area contributed by atoms with E-state index in [0.717, 1.165) is 0 Å². The zero-order valence-corrected chi connectivity index (χ0v) is 13.2. The fourth-order valence-electron chi connectivity index (χ4n) is 2.60. The highest BCUT2D eigenvalue weighted by molar-refractivity contribution is 5.49. The molecule has 1 aliphatic heterocycles. The minimum Gasteiger partial charge on any atom is -0.481 e. The van der Waals surface area contributed by atoms with Crippen LogP contribution in [0.1, 0.15) is 0 Å². The summed E-state index contributed by atoms with van der Waals surface area (Å²) in [6.07, 6.45) is 0. The average Bonchev–Trinajstić information content (AvgIpc) is 2.62. The van der Waals surface area contributed by atoms with Crippen LogP contribution in [-0.4, -0.2) is 50.4 Å². The van der Waals surface area contributed by atoms with Crippen LogP contribution in [0.2, 0.25) is 0 Å². The summed E-state index contributed by atoms with van der Waals surface area (Å²) in [5.41, 5.74) is 0.635. The molecule has 6 nitrogen and oxygen atoms in total. The van der Waals surface area contributed by atoms with E-state index in [4.69, 9.17) is 9.47 Å². The number of para-hydroxylation sites is 1. The number of hydrogen-bond donors (Lipinski definition) is 0. The monoisotopic (exact) mass is 318 g/mol. The van der Waals surface area contributed by atoms with Crippen LogP contribution in [0.4, 0.5) is 16.0 Å². The molecule has 1 aromatic carbocycles. The summed E-state index contributed by atoms with van der Waals surface area (Å²) in [6.45, 7) is 2.79. The number of rotatable bonds is 4. The Bertz CT molecular complexity index is 653. The summed E-state index contributed by atoms with van der Waals surface area (Å²) in [6, 6.07) is 8.47. The van der Waals surface area contributed by atoms with E-state index >= 15 is 0 Å². The molecule has 0 unspecified atom stereocenters. The SMILES string of the molecule is COc1cc(OC)nc(N2CCN(c3ccccc3F)CC2)n1. The Labute approximate surface area is 134 Å². The first-order valence-electron chi connectivity index (χ1n) is 7.42. The number of nitrogens with zero attached hydrogens (tertiary/aromatic N) is 4. The number of anilines is 2. The van der Waals surface area contributed by atoms with E-state index in [1.54, 1.807) is 32.4 Å². The topological polar surface area (TPSA) is 50.7 Å². The van der Waals surface area contributed by atoms with Gasteiger partial charge in [-0.05, 0) is 12.1 Å². The second-order valence-corrected chi connectivity index (χ2v) is 5.18. The third-order valence-corrected chi connectivity index (χ3v) is 3.84. The molecule has 0 spiro atoms. The maximum atomic E-state index is 13.9. The Morgan fingerprint density at radius 3 is 2.04 bits per heavy atom. The van der Waals surface area contributed by atoms with Crippen LogP contribution in [0.15, 0.2) is 30.3 Å². The van der Waals surface area contributed by atoms with Gasteiger partial charge in [-0.2, -0.15) is 9.97 Å². The van der Waals surface area contributed by atoms with Crippen LogP contribution in [0.3, 0.4) is 0 Å². The largest absolute Gasteiger partial charge is 0.481 e. The van der Waals surface area contributed by atoms with E-state index in [0.29, 0.717) is 49.6 Å². The summed E-state index contributed by atoms with van der Waals surface area (Å²) in [5.74, 6) is 1.29. The van der Waals surface area contributed by atoms with Crippen LogP contribution in [0, 0.1) is 5.82 Å². The Morgan fingerprint density at radius 1 is 0.913 bits per heavy atom. The van der Waals surface area contributed by atoms with E-state index < -0.39 is 0 Å². The van der Waals surface area contributed by atoms with Gasteiger partial charge in [0.1, 0.15) is 5.82 Å². The molecule has 1 aromatic heterocycles. The lowest BCUT2D eigenvalue weighted by Crippen LogP contribution is -2.47. The van der Waals surface area contributed by atoms with Crippen molar-refractivity contribution in [2.24, 2.45) is 0 Å². The second-order valence-electron chi connectivity index (χ2n) is 5.18. The normalized spacial score (nSPS) is 14.7. The molecule has 0 aliphatic carbocycles. The van der Waals surface area contributed by atoms with Gasteiger partial charge in [0.25, 0.3) is 0 Å². The predicted molar refractivity (Wildman–Crippen MR) is 86.0 cm³/mol. The molecule has 0 radical (unpaired) electrons. The summed E-state index contributed by atoms with van der Waals surface area (Å²) in [5, 5.41) is 0. The van der Waals surface area contributed by atoms with E-state index in [1.165, 1.54) is 6.07 Å². The maximum absolute atomic E-state index is 13.9. The molecule has 0 saturated carbocycles. The molecule has 3 rings (SSSR count). The van der Waals surface area contributed by atoms with Crippen LogP contribution in [-0.2, 0) is 0 Å². The molecule has 1 aliphatic rings. The maximum Gasteiger partial charge on any atom is 0.232 e. The van der Waals surface area contributed by atoms with Gasteiger partial charge >= 0.3 is 0 Å². The molecule has 0 amide bonds. The zero-order valence-electron chi connectivity index (χ0n) is 13.2. The van der Waals surface area contributed by atoms with Crippen molar-refractivity contribution in [2.75, 3.05) is 50.2 Å². The van der Waals surface area contributed by atoms with Crippen molar-refractivity contribution in [3.8, 4) is 11.8 Å². The first kappa shape index (κ1) is 15.3. The quantitative estimate of drug-likeness (QED) is 0.859. The Balaban J connectivity index is 1.73.